The van der Waals surface area contributed by atoms with E-state index in [4.69, 9.17) is 9.72 Å². The molecule has 0 bridgehead atoms. The summed E-state index contributed by atoms with van der Waals surface area (Å²) in [6, 6.07) is 17.4. The molecule has 6 heteroatoms. The highest BCUT2D eigenvalue weighted by Crippen LogP contribution is 2.23. The number of ether oxygens (including phenoxy) is 1. The normalized spacial score (nSPS) is 15.5. The van der Waals surface area contributed by atoms with E-state index in [-0.39, 0.29) is 11.5 Å². The molecular formula is C26H29N3O3. The number of fused-ring (bicyclic) bond motifs is 1. The number of benzene rings is 2. The Bertz CT molecular complexity index is 1110. The fourth-order valence-electron chi connectivity index (χ4n) is 4.16. The minimum Gasteiger partial charge on any atom is -0.494 e. The van der Waals surface area contributed by atoms with Crippen molar-refractivity contribution in [1.82, 2.24) is 15.3 Å². The molecule has 4 rings (SSSR count). The van der Waals surface area contributed by atoms with E-state index in [0.717, 1.165) is 47.4 Å². The van der Waals surface area contributed by atoms with E-state index < -0.39 is 0 Å². The molecule has 1 aromatic heterocycles. The van der Waals surface area contributed by atoms with Gasteiger partial charge in [0.05, 0.1) is 18.7 Å². The highest BCUT2D eigenvalue weighted by Gasteiger charge is 2.21. The van der Waals surface area contributed by atoms with Crippen LogP contribution in [0.4, 0.5) is 0 Å². The molecule has 2 N–H and O–H groups in total. The van der Waals surface area contributed by atoms with Crippen LogP contribution in [0.5, 0.6) is 5.75 Å². The second kappa shape index (κ2) is 10.3. The first-order valence-corrected chi connectivity index (χ1v) is 11.3. The Morgan fingerprint density at radius 3 is 2.59 bits per heavy atom. The smallest absolute Gasteiger partial charge is 0.254 e. The molecule has 1 atom stereocenters. The van der Waals surface area contributed by atoms with Gasteiger partial charge in [0.2, 0.25) is 5.91 Å². The number of aryl methyl sites for hydroxylation is 1. The molecule has 2 aromatic carbocycles. The van der Waals surface area contributed by atoms with E-state index >= 15 is 0 Å². The summed E-state index contributed by atoms with van der Waals surface area (Å²) in [5.74, 6) is 1.77. The Hall–Kier alpha value is -3.41. The fraction of sp³-hybridized carbons (Fsp3) is 0.346. The Kier molecular flexibility index (Phi) is 7.00. The number of aromatic nitrogens is 2. The molecule has 1 aliphatic carbocycles. The average molecular weight is 432 g/mol. The molecule has 0 fully saturated rings. The van der Waals surface area contributed by atoms with E-state index in [2.05, 4.69) is 10.3 Å². The summed E-state index contributed by atoms with van der Waals surface area (Å²) >= 11 is 0. The van der Waals surface area contributed by atoms with Crippen LogP contribution in [0, 0.1) is 5.92 Å². The van der Waals surface area contributed by atoms with Crippen molar-refractivity contribution in [3.63, 3.8) is 0 Å². The Morgan fingerprint density at radius 2 is 1.84 bits per heavy atom. The van der Waals surface area contributed by atoms with Gasteiger partial charge >= 0.3 is 0 Å². The van der Waals surface area contributed by atoms with Crippen molar-refractivity contribution in [2.24, 2.45) is 5.92 Å². The first-order chi connectivity index (χ1) is 15.6. The van der Waals surface area contributed by atoms with Crippen molar-refractivity contribution in [3.8, 4) is 17.1 Å². The van der Waals surface area contributed by atoms with Gasteiger partial charge in [-0.1, -0.05) is 42.5 Å². The minimum absolute atomic E-state index is 0.0123. The fourth-order valence-corrected chi connectivity index (χ4v) is 4.16. The number of H-pyrrole nitrogens is 1. The third-order valence-electron chi connectivity index (χ3n) is 5.93. The molecule has 3 aromatic rings. The monoisotopic (exact) mass is 431 g/mol. The summed E-state index contributed by atoms with van der Waals surface area (Å²) in [4.78, 5) is 32.8. The van der Waals surface area contributed by atoms with Crippen molar-refractivity contribution < 1.29 is 9.53 Å². The number of carbonyl (C=O) groups excluding carboxylic acids is 1. The number of amides is 1. The van der Waals surface area contributed by atoms with Crippen LogP contribution in [0.25, 0.3) is 11.4 Å². The van der Waals surface area contributed by atoms with Crippen molar-refractivity contribution in [2.45, 2.75) is 39.0 Å². The zero-order chi connectivity index (χ0) is 22.3. The molecule has 6 nitrogen and oxygen atoms in total. The summed E-state index contributed by atoms with van der Waals surface area (Å²) in [6.45, 7) is 3.19. The van der Waals surface area contributed by atoms with Gasteiger partial charge in [0.25, 0.3) is 5.56 Å². The van der Waals surface area contributed by atoms with Crippen LogP contribution in [0.15, 0.2) is 59.4 Å². The van der Waals surface area contributed by atoms with Gasteiger partial charge < -0.3 is 15.0 Å². The van der Waals surface area contributed by atoms with Gasteiger partial charge in [-0.25, -0.2) is 4.98 Å². The molecule has 166 valence electrons. The number of aromatic amines is 1. The molecule has 1 aliphatic rings. The summed E-state index contributed by atoms with van der Waals surface area (Å²) in [5.41, 5.74) is 3.50. The highest BCUT2D eigenvalue weighted by atomic mass is 16.5. The molecule has 0 radical (unpaired) electrons. The molecule has 1 unspecified atom stereocenters. The van der Waals surface area contributed by atoms with Crippen LogP contribution in [-0.2, 0) is 24.1 Å². The molecule has 32 heavy (non-hydrogen) atoms. The first-order valence-electron chi connectivity index (χ1n) is 11.3. The number of rotatable bonds is 7. The summed E-state index contributed by atoms with van der Waals surface area (Å²) in [6.07, 6.45) is 3.55. The molecule has 0 saturated heterocycles. The van der Waals surface area contributed by atoms with Gasteiger partial charge in [0.1, 0.15) is 11.6 Å². The van der Waals surface area contributed by atoms with E-state index in [1.54, 1.807) is 0 Å². The maximum atomic E-state index is 12.7. The molecule has 0 aliphatic heterocycles. The number of nitrogens with one attached hydrogen (secondary N) is 2. The van der Waals surface area contributed by atoms with Gasteiger partial charge in [-0.3, -0.25) is 9.59 Å². The van der Waals surface area contributed by atoms with Gasteiger partial charge in [-0.05, 0) is 56.2 Å². The van der Waals surface area contributed by atoms with Crippen LogP contribution in [0.3, 0.4) is 0 Å². The van der Waals surface area contributed by atoms with Crippen molar-refractivity contribution in [3.05, 3.63) is 81.8 Å². The maximum absolute atomic E-state index is 12.7. The van der Waals surface area contributed by atoms with E-state index in [1.165, 1.54) is 0 Å². The third-order valence-corrected chi connectivity index (χ3v) is 5.93. The second-order valence-electron chi connectivity index (χ2n) is 8.21. The van der Waals surface area contributed by atoms with Gasteiger partial charge in [-0.15, -0.1) is 0 Å². The van der Waals surface area contributed by atoms with Gasteiger partial charge in [-0.2, -0.15) is 0 Å². The molecule has 1 amide bonds. The van der Waals surface area contributed by atoms with E-state index in [9.17, 15) is 9.59 Å². The number of hydrogen-bond acceptors (Lipinski definition) is 4. The number of carbonyl (C=O) groups is 1. The van der Waals surface area contributed by atoms with Gasteiger partial charge in [0.15, 0.2) is 0 Å². The number of nitrogens with zero attached hydrogens (tertiary/aromatic N) is 1. The van der Waals surface area contributed by atoms with Gasteiger partial charge in [0, 0.05) is 17.7 Å². The lowest BCUT2D eigenvalue weighted by molar-refractivity contribution is -0.120. The largest absolute Gasteiger partial charge is 0.494 e. The predicted molar refractivity (Wildman–Crippen MR) is 125 cm³/mol. The number of hydrogen-bond donors (Lipinski definition) is 2. The quantitative estimate of drug-likeness (QED) is 0.559. The lowest BCUT2D eigenvalue weighted by atomic mass is 9.99. The topological polar surface area (TPSA) is 84.1 Å². The SMILES string of the molecule is CCOc1ccc(CC(=O)NCC2CCc3nc(-c4ccccc4)[nH]c(=O)c3CC2)cc1. The molecular weight excluding hydrogens is 402 g/mol. The van der Waals surface area contributed by atoms with Crippen molar-refractivity contribution in [2.75, 3.05) is 13.2 Å². The molecule has 0 spiro atoms. The first kappa shape index (κ1) is 21.8. The van der Waals surface area contributed by atoms with Crippen LogP contribution in [-0.4, -0.2) is 29.0 Å². The summed E-state index contributed by atoms with van der Waals surface area (Å²) in [5, 5.41) is 3.07. The van der Waals surface area contributed by atoms with E-state index in [0.29, 0.717) is 37.7 Å². The predicted octanol–water partition coefficient (Wildman–Crippen LogP) is 3.69. The maximum Gasteiger partial charge on any atom is 0.254 e. The zero-order valence-corrected chi connectivity index (χ0v) is 18.4. The van der Waals surface area contributed by atoms with Crippen LogP contribution >= 0.6 is 0 Å². The molecule has 0 saturated carbocycles. The molecule has 1 heterocycles. The third kappa shape index (κ3) is 5.44. The summed E-state index contributed by atoms with van der Waals surface area (Å²) < 4.78 is 5.44. The zero-order valence-electron chi connectivity index (χ0n) is 18.4. The lowest BCUT2D eigenvalue weighted by Crippen LogP contribution is -2.30. The van der Waals surface area contributed by atoms with E-state index in [1.807, 2.05) is 61.5 Å². The Labute approximate surface area is 188 Å². The summed E-state index contributed by atoms with van der Waals surface area (Å²) in [7, 11) is 0. The van der Waals surface area contributed by atoms with Crippen LogP contribution < -0.4 is 15.6 Å². The average Bonchev–Trinajstić information content (AvgIpc) is 3.02. The van der Waals surface area contributed by atoms with Crippen molar-refractivity contribution in [1.29, 1.82) is 0 Å². The van der Waals surface area contributed by atoms with Crippen LogP contribution in [0.2, 0.25) is 0 Å². The second-order valence-corrected chi connectivity index (χ2v) is 8.21. The Balaban J connectivity index is 1.33. The van der Waals surface area contributed by atoms with Crippen LogP contribution in [0.1, 0.15) is 36.6 Å². The highest BCUT2D eigenvalue weighted by molar-refractivity contribution is 5.78. The minimum atomic E-state index is -0.0472. The van der Waals surface area contributed by atoms with Crippen molar-refractivity contribution >= 4 is 5.91 Å². The lowest BCUT2D eigenvalue weighted by Gasteiger charge is -2.14. The Morgan fingerprint density at radius 1 is 1.09 bits per heavy atom. The standard InChI is InChI=1S/C26H29N3O3/c1-2-32-21-12-8-18(9-13-21)16-24(30)27-17-19-10-14-22-23(15-11-19)28-25(29-26(22)31)20-6-4-3-5-7-20/h3-9,12-13,19H,2,10-11,14-17H2,1H3,(H,27,30)(H,28,29,31).